The molecule has 1 amide bonds. The summed E-state index contributed by atoms with van der Waals surface area (Å²) in [7, 11) is 1.63. The third-order valence-electron chi connectivity index (χ3n) is 4.60. The first-order chi connectivity index (χ1) is 15.7. The molecule has 2 aromatic carbocycles. The van der Waals surface area contributed by atoms with Gasteiger partial charge >= 0.3 is 0 Å². The number of hydrazone groups is 1. The van der Waals surface area contributed by atoms with Crippen molar-refractivity contribution in [3.05, 3.63) is 76.5 Å². The van der Waals surface area contributed by atoms with Crippen LogP contribution in [-0.4, -0.2) is 39.7 Å². The summed E-state index contributed by atoms with van der Waals surface area (Å²) in [6, 6.07) is 19.5. The molecule has 0 bridgehead atoms. The third kappa shape index (κ3) is 5.06. The summed E-state index contributed by atoms with van der Waals surface area (Å²) < 4.78 is 7.21. The van der Waals surface area contributed by atoms with Crippen LogP contribution in [0.1, 0.15) is 10.4 Å². The van der Waals surface area contributed by atoms with E-state index in [0.717, 1.165) is 27.4 Å². The maximum absolute atomic E-state index is 12.3. The molecular weight excluding hydrogens is 442 g/mol. The predicted molar refractivity (Wildman–Crippen MR) is 129 cm³/mol. The van der Waals surface area contributed by atoms with E-state index in [4.69, 9.17) is 4.74 Å². The summed E-state index contributed by atoms with van der Waals surface area (Å²) in [6.45, 7) is 2.01. The predicted octanol–water partition coefficient (Wildman–Crippen LogP) is 4.56. The van der Waals surface area contributed by atoms with E-state index in [1.807, 2.05) is 77.5 Å². The van der Waals surface area contributed by atoms with Gasteiger partial charge < -0.3 is 4.74 Å². The van der Waals surface area contributed by atoms with Crippen molar-refractivity contribution >= 4 is 35.2 Å². The third-order valence-corrected chi connectivity index (χ3v) is 6.48. The molecule has 1 N–H and O–H groups in total. The minimum atomic E-state index is -0.217. The van der Waals surface area contributed by atoms with Crippen molar-refractivity contribution < 1.29 is 9.53 Å². The Morgan fingerprint density at radius 1 is 1.16 bits per heavy atom. The number of ether oxygens (including phenoxy) is 1. The van der Waals surface area contributed by atoms with Crippen LogP contribution in [0.15, 0.2) is 76.3 Å². The standard InChI is InChI=1S/C23H21N5O2S2/c1-16-12-13-31-20(16)14-24-25-21(29)15-32-23-27-26-22(17-6-4-3-5-7-17)28(23)18-8-10-19(30-2)11-9-18/h3-14H,15H2,1-2H3,(H,25,29)/b24-14+. The second-order valence-corrected chi connectivity index (χ2v) is 8.65. The highest BCUT2D eigenvalue weighted by Gasteiger charge is 2.17. The molecule has 0 aliphatic carbocycles. The number of carbonyl (C=O) groups excluding carboxylic acids is 1. The molecule has 0 saturated heterocycles. The van der Waals surface area contributed by atoms with Crippen molar-refractivity contribution in [2.75, 3.05) is 12.9 Å². The van der Waals surface area contributed by atoms with Gasteiger partial charge in [0.25, 0.3) is 5.91 Å². The number of hydrogen-bond acceptors (Lipinski definition) is 7. The van der Waals surface area contributed by atoms with E-state index in [0.29, 0.717) is 11.0 Å². The zero-order chi connectivity index (χ0) is 22.3. The second kappa shape index (κ2) is 10.3. The van der Waals surface area contributed by atoms with Crippen LogP contribution in [0.25, 0.3) is 17.1 Å². The number of thiophene rings is 1. The maximum atomic E-state index is 12.3. The molecule has 0 aliphatic rings. The zero-order valence-corrected chi connectivity index (χ0v) is 19.2. The summed E-state index contributed by atoms with van der Waals surface area (Å²) in [5, 5.41) is 15.4. The summed E-state index contributed by atoms with van der Waals surface area (Å²) >= 11 is 2.88. The monoisotopic (exact) mass is 463 g/mol. The van der Waals surface area contributed by atoms with E-state index < -0.39 is 0 Å². The summed E-state index contributed by atoms with van der Waals surface area (Å²) in [5.74, 6) is 1.40. The first-order valence-electron chi connectivity index (χ1n) is 9.80. The maximum Gasteiger partial charge on any atom is 0.250 e. The van der Waals surface area contributed by atoms with Crippen LogP contribution in [0.2, 0.25) is 0 Å². The molecule has 0 atom stereocenters. The molecule has 2 heterocycles. The lowest BCUT2D eigenvalue weighted by Gasteiger charge is -2.11. The lowest BCUT2D eigenvalue weighted by molar-refractivity contribution is -0.118. The average molecular weight is 464 g/mol. The molecule has 4 aromatic rings. The van der Waals surface area contributed by atoms with E-state index in [-0.39, 0.29) is 11.7 Å². The Kier molecular flexibility index (Phi) is 6.98. The number of aromatic nitrogens is 3. The first kappa shape index (κ1) is 21.8. The molecule has 32 heavy (non-hydrogen) atoms. The highest BCUT2D eigenvalue weighted by molar-refractivity contribution is 7.99. The fraction of sp³-hybridized carbons (Fsp3) is 0.130. The molecule has 0 unspecified atom stereocenters. The number of nitrogens with one attached hydrogen (secondary N) is 1. The van der Waals surface area contributed by atoms with Crippen LogP contribution in [0.4, 0.5) is 0 Å². The van der Waals surface area contributed by atoms with Gasteiger partial charge in [-0.3, -0.25) is 9.36 Å². The number of rotatable bonds is 8. The van der Waals surface area contributed by atoms with Gasteiger partial charge in [0.1, 0.15) is 5.75 Å². The zero-order valence-electron chi connectivity index (χ0n) is 17.6. The number of carbonyl (C=O) groups is 1. The largest absolute Gasteiger partial charge is 0.497 e. The van der Waals surface area contributed by atoms with Gasteiger partial charge in [0.05, 0.1) is 19.1 Å². The van der Waals surface area contributed by atoms with Gasteiger partial charge in [-0.2, -0.15) is 5.10 Å². The Labute approximate surface area is 194 Å². The van der Waals surface area contributed by atoms with Crippen molar-refractivity contribution in [1.82, 2.24) is 20.2 Å². The number of thioether (sulfide) groups is 1. The SMILES string of the molecule is COc1ccc(-n2c(SCC(=O)N/N=C/c3sccc3C)nnc2-c2ccccc2)cc1. The van der Waals surface area contributed by atoms with Crippen LogP contribution in [0.3, 0.4) is 0 Å². The van der Waals surface area contributed by atoms with Gasteiger partial charge in [-0.1, -0.05) is 42.1 Å². The lowest BCUT2D eigenvalue weighted by atomic mass is 10.2. The number of benzene rings is 2. The molecular formula is C23H21N5O2S2. The Hall–Kier alpha value is -3.43. The lowest BCUT2D eigenvalue weighted by Crippen LogP contribution is -2.20. The molecule has 4 rings (SSSR count). The Morgan fingerprint density at radius 3 is 2.62 bits per heavy atom. The van der Waals surface area contributed by atoms with E-state index in [2.05, 4.69) is 20.7 Å². The highest BCUT2D eigenvalue weighted by Crippen LogP contribution is 2.28. The van der Waals surface area contributed by atoms with Crippen molar-refractivity contribution in [3.8, 4) is 22.8 Å². The molecule has 0 radical (unpaired) electrons. The van der Waals surface area contributed by atoms with Gasteiger partial charge in [-0.25, -0.2) is 5.43 Å². The number of aryl methyl sites for hydroxylation is 1. The van der Waals surface area contributed by atoms with Crippen molar-refractivity contribution in [3.63, 3.8) is 0 Å². The van der Waals surface area contributed by atoms with Crippen LogP contribution >= 0.6 is 23.1 Å². The van der Waals surface area contributed by atoms with E-state index in [1.54, 1.807) is 24.7 Å². The topological polar surface area (TPSA) is 81.4 Å². The smallest absolute Gasteiger partial charge is 0.250 e. The van der Waals surface area contributed by atoms with E-state index in [1.165, 1.54) is 11.8 Å². The van der Waals surface area contributed by atoms with E-state index >= 15 is 0 Å². The van der Waals surface area contributed by atoms with Crippen LogP contribution in [0.5, 0.6) is 5.75 Å². The second-order valence-electron chi connectivity index (χ2n) is 6.76. The van der Waals surface area contributed by atoms with Crippen LogP contribution in [0, 0.1) is 6.92 Å². The van der Waals surface area contributed by atoms with Gasteiger partial charge in [0.2, 0.25) is 0 Å². The average Bonchev–Trinajstić information content (AvgIpc) is 3.44. The van der Waals surface area contributed by atoms with Crippen molar-refractivity contribution in [2.45, 2.75) is 12.1 Å². The van der Waals surface area contributed by atoms with Gasteiger partial charge in [-0.15, -0.1) is 21.5 Å². The fourth-order valence-corrected chi connectivity index (χ4v) is 4.47. The quantitative estimate of drug-likeness (QED) is 0.235. The molecule has 9 heteroatoms. The molecule has 0 spiro atoms. The fourth-order valence-electron chi connectivity index (χ4n) is 2.94. The van der Waals surface area contributed by atoms with Crippen LogP contribution in [-0.2, 0) is 4.79 Å². The first-order valence-corrected chi connectivity index (χ1v) is 11.7. The Bertz CT molecular complexity index is 1220. The molecule has 162 valence electrons. The molecule has 7 nitrogen and oxygen atoms in total. The number of methoxy groups -OCH3 is 1. The summed E-state index contributed by atoms with van der Waals surface area (Å²) in [4.78, 5) is 13.3. The minimum absolute atomic E-state index is 0.157. The Balaban J connectivity index is 1.53. The van der Waals surface area contributed by atoms with Crippen molar-refractivity contribution in [2.24, 2.45) is 5.10 Å². The summed E-state index contributed by atoms with van der Waals surface area (Å²) in [6.07, 6.45) is 1.66. The van der Waals surface area contributed by atoms with Gasteiger partial charge in [0.15, 0.2) is 11.0 Å². The number of nitrogens with zero attached hydrogens (tertiary/aromatic N) is 4. The van der Waals surface area contributed by atoms with Gasteiger partial charge in [-0.05, 0) is 48.2 Å². The normalized spacial score (nSPS) is 11.1. The molecule has 0 saturated carbocycles. The van der Waals surface area contributed by atoms with Crippen molar-refractivity contribution in [1.29, 1.82) is 0 Å². The van der Waals surface area contributed by atoms with Gasteiger partial charge in [0, 0.05) is 16.1 Å². The molecule has 0 fully saturated rings. The van der Waals surface area contributed by atoms with E-state index in [9.17, 15) is 4.79 Å². The number of hydrogen-bond donors (Lipinski definition) is 1. The molecule has 0 aliphatic heterocycles. The highest BCUT2D eigenvalue weighted by atomic mass is 32.2. The molecule has 2 aromatic heterocycles. The van der Waals surface area contributed by atoms with Crippen LogP contribution < -0.4 is 10.2 Å². The summed E-state index contributed by atoms with van der Waals surface area (Å²) in [5.41, 5.74) is 5.51. The number of amides is 1. The minimum Gasteiger partial charge on any atom is -0.497 e. The Morgan fingerprint density at radius 2 is 1.94 bits per heavy atom.